The SMILES string of the molecule is COC=C(C(=O)OC)c1cc[c]cc1. The molecule has 0 aliphatic rings. The molecule has 0 spiro atoms. The number of ether oxygens (including phenoxy) is 2. The van der Waals surface area contributed by atoms with Crippen molar-refractivity contribution < 1.29 is 14.3 Å². The van der Waals surface area contributed by atoms with E-state index in [1.165, 1.54) is 20.5 Å². The average molecular weight is 191 g/mol. The molecule has 0 amide bonds. The molecule has 0 N–H and O–H groups in total. The summed E-state index contributed by atoms with van der Waals surface area (Å²) in [7, 11) is 2.82. The molecule has 0 saturated heterocycles. The van der Waals surface area contributed by atoms with Crippen molar-refractivity contribution in [2.24, 2.45) is 0 Å². The minimum atomic E-state index is -0.418. The molecule has 0 aliphatic carbocycles. The average Bonchev–Trinajstić information content (AvgIpc) is 2.26. The molecule has 0 aliphatic heterocycles. The van der Waals surface area contributed by atoms with Gasteiger partial charge < -0.3 is 9.47 Å². The first kappa shape index (κ1) is 10.3. The molecule has 1 aromatic rings. The van der Waals surface area contributed by atoms with E-state index in [1.807, 2.05) is 0 Å². The molecule has 0 fully saturated rings. The first-order valence-electron chi connectivity index (χ1n) is 4.07. The third-order valence-electron chi connectivity index (χ3n) is 1.67. The lowest BCUT2D eigenvalue weighted by atomic mass is 10.1. The Bertz CT molecular complexity index is 328. The lowest BCUT2D eigenvalue weighted by Crippen LogP contribution is -2.04. The van der Waals surface area contributed by atoms with Crippen molar-refractivity contribution in [3.63, 3.8) is 0 Å². The predicted molar refractivity (Wildman–Crippen MR) is 52.3 cm³/mol. The van der Waals surface area contributed by atoms with Crippen molar-refractivity contribution in [3.8, 4) is 0 Å². The Morgan fingerprint density at radius 3 is 2.50 bits per heavy atom. The van der Waals surface area contributed by atoms with E-state index >= 15 is 0 Å². The Morgan fingerprint density at radius 2 is 2.00 bits per heavy atom. The minimum Gasteiger partial charge on any atom is -0.503 e. The van der Waals surface area contributed by atoms with Crippen LogP contribution in [0.1, 0.15) is 5.56 Å². The third kappa shape index (κ3) is 2.36. The van der Waals surface area contributed by atoms with Gasteiger partial charge in [-0.1, -0.05) is 24.3 Å². The van der Waals surface area contributed by atoms with Crippen molar-refractivity contribution >= 4 is 11.5 Å². The molecular formula is C11H11O3. The maximum atomic E-state index is 11.3. The molecule has 3 nitrogen and oxygen atoms in total. The van der Waals surface area contributed by atoms with Crippen LogP contribution in [-0.2, 0) is 14.3 Å². The van der Waals surface area contributed by atoms with Gasteiger partial charge in [0.1, 0.15) is 5.57 Å². The van der Waals surface area contributed by atoms with Gasteiger partial charge in [-0.25, -0.2) is 4.79 Å². The minimum absolute atomic E-state index is 0.393. The number of benzene rings is 1. The molecule has 0 aromatic heterocycles. The highest BCUT2D eigenvalue weighted by atomic mass is 16.5. The summed E-state index contributed by atoms with van der Waals surface area (Å²) < 4.78 is 9.43. The molecule has 0 bridgehead atoms. The normalized spacial score (nSPS) is 10.9. The van der Waals surface area contributed by atoms with Crippen molar-refractivity contribution in [3.05, 3.63) is 42.2 Å². The van der Waals surface area contributed by atoms with Gasteiger partial charge in [0.25, 0.3) is 0 Å². The second kappa shape index (κ2) is 5.07. The highest BCUT2D eigenvalue weighted by Crippen LogP contribution is 2.14. The molecule has 0 unspecified atom stereocenters. The van der Waals surface area contributed by atoms with Crippen molar-refractivity contribution in [2.75, 3.05) is 14.2 Å². The number of rotatable bonds is 3. The fraction of sp³-hybridized carbons (Fsp3) is 0.182. The van der Waals surface area contributed by atoms with E-state index < -0.39 is 5.97 Å². The van der Waals surface area contributed by atoms with Crippen LogP contribution in [0.25, 0.3) is 5.57 Å². The zero-order chi connectivity index (χ0) is 10.4. The van der Waals surface area contributed by atoms with Gasteiger partial charge in [0.15, 0.2) is 0 Å². The summed E-state index contributed by atoms with van der Waals surface area (Å²) in [5.41, 5.74) is 1.14. The number of hydrogen-bond acceptors (Lipinski definition) is 3. The molecule has 0 atom stereocenters. The van der Waals surface area contributed by atoms with Crippen LogP contribution in [-0.4, -0.2) is 20.2 Å². The van der Waals surface area contributed by atoms with Gasteiger partial charge in [-0.3, -0.25) is 0 Å². The maximum Gasteiger partial charge on any atom is 0.341 e. The van der Waals surface area contributed by atoms with Gasteiger partial charge in [-0.15, -0.1) is 0 Å². The Labute approximate surface area is 83.0 Å². The van der Waals surface area contributed by atoms with E-state index in [2.05, 4.69) is 10.8 Å². The molecule has 14 heavy (non-hydrogen) atoms. The quantitative estimate of drug-likeness (QED) is 0.414. The summed E-state index contributed by atoms with van der Waals surface area (Å²) in [5.74, 6) is -0.418. The first-order chi connectivity index (χ1) is 6.79. The number of carbonyl (C=O) groups excluding carboxylic acids is 1. The Hall–Kier alpha value is -1.77. The van der Waals surface area contributed by atoms with Gasteiger partial charge in [0, 0.05) is 0 Å². The summed E-state index contributed by atoms with van der Waals surface area (Å²) in [6.45, 7) is 0. The molecule has 73 valence electrons. The van der Waals surface area contributed by atoms with E-state index in [4.69, 9.17) is 4.74 Å². The summed E-state index contributed by atoms with van der Waals surface area (Å²) in [6.07, 6.45) is 1.36. The van der Waals surface area contributed by atoms with Crippen LogP contribution in [0.5, 0.6) is 0 Å². The second-order valence-corrected chi connectivity index (χ2v) is 2.55. The smallest absolute Gasteiger partial charge is 0.341 e. The monoisotopic (exact) mass is 191 g/mol. The fourth-order valence-electron chi connectivity index (χ4n) is 1.03. The second-order valence-electron chi connectivity index (χ2n) is 2.55. The molecule has 1 aromatic carbocycles. The van der Waals surface area contributed by atoms with Gasteiger partial charge >= 0.3 is 5.97 Å². The van der Waals surface area contributed by atoms with Crippen molar-refractivity contribution in [2.45, 2.75) is 0 Å². The molecular weight excluding hydrogens is 180 g/mol. The van der Waals surface area contributed by atoms with Gasteiger partial charge in [-0.2, -0.15) is 0 Å². The van der Waals surface area contributed by atoms with Crippen LogP contribution in [0.2, 0.25) is 0 Å². The largest absolute Gasteiger partial charge is 0.503 e. The van der Waals surface area contributed by atoms with Crippen LogP contribution in [0.15, 0.2) is 30.5 Å². The zero-order valence-electron chi connectivity index (χ0n) is 8.11. The summed E-state index contributed by atoms with van der Waals surface area (Å²) >= 11 is 0. The number of methoxy groups -OCH3 is 2. The maximum absolute atomic E-state index is 11.3. The van der Waals surface area contributed by atoms with E-state index in [0.29, 0.717) is 5.57 Å². The Kier molecular flexibility index (Phi) is 3.73. The van der Waals surface area contributed by atoms with Crippen LogP contribution in [0, 0.1) is 6.07 Å². The highest BCUT2D eigenvalue weighted by molar-refractivity contribution is 6.16. The van der Waals surface area contributed by atoms with Gasteiger partial charge in [0.05, 0.1) is 20.5 Å². The molecule has 3 heteroatoms. The summed E-state index contributed by atoms with van der Waals surface area (Å²) in [5, 5.41) is 0. The van der Waals surface area contributed by atoms with E-state index in [1.54, 1.807) is 24.3 Å². The Morgan fingerprint density at radius 1 is 1.36 bits per heavy atom. The van der Waals surface area contributed by atoms with Crippen LogP contribution < -0.4 is 0 Å². The van der Waals surface area contributed by atoms with Crippen LogP contribution in [0.4, 0.5) is 0 Å². The summed E-state index contributed by atoms with van der Waals surface area (Å²) in [4.78, 5) is 11.3. The first-order valence-corrected chi connectivity index (χ1v) is 4.07. The molecule has 1 radical (unpaired) electrons. The molecule has 1 rings (SSSR count). The third-order valence-corrected chi connectivity index (χ3v) is 1.67. The summed E-state index contributed by atoms with van der Waals surface area (Å²) in [6, 6.07) is 9.85. The van der Waals surface area contributed by atoms with Gasteiger partial charge in [-0.05, 0) is 11.6 Å². The van der Waals surface area contributed by atoms with E-state index in [9.17, 15) is 4.79 Å². The fourth-order valence-corrected chi connectivity index (χ4v) is 1.03. The van der Waals surface area contributed by atoms with Crippen LogP contribution >= 0.6 is 0 Å². The number of esters is 1. The van der Waals surface area contributed by atoms with Crippen molar-refractivity contribution in [1.29, 1.82) is 0 Å². The lowest BCUT2D eigenvalue weighted by molar-refractivity contribution is -0.133. The topological polar surface area (TPSA) is 35.5 Å². The number of hydrogen-bond donors (Lipinski definition) is 0. The van der Waals surface area contributed by atoms with Crippen LogP contribution in [0.3, 0.4) is 0 Å². The lowest BCUT2D eigenvalue weighted by Gasteiger charge is -2.04. The highest BCUT2D eigenvalue weighted by Gasteiger charge is 2.11. The Balaban J connectivity index is 3.02. The van der Waals surface area contributed by atoms with E-state index in [-0.39, 0.29) is 0 Å². The number of carbonyl (C=O) groups is 1. The standard InChI is InChI=1S/C11H11O3/c1-13-8-10(11(12)14-2)9-6-4-3-5-7-9/h4-8H,1-2H3. The van der Waals surface area contributed by atoms with E-state index in [0.717, 1.165) is 5.56 Å². The van der Waals surface area contributed by atoms with Gasteiger partial charge in [0.2, 0.25) is 0 Å². The van der Waals surface area contributed by atoms with Crippen molar-refractivity contribution in [1.82, 2.24) is 0 Å². The molecule has 0 heterocycles. The molecule has 0 saturated carbocycles. The zero-order valence-corrected chi connectivity index (χ0v) is 8.11. The predicted octanol–water partition coefficient (Wildman–Crippen LogP) is 1.65.